The summed E-state index contributed by atoms with van der Waals surface area (Å²) in [4.78, 5) is 7.91. The lowest BCUT2D eigenvalue weighted by Gasteiger charge is -2.10. The third-order valence-electron chi connectivity index (χ3n) is 2.19. The fraction of sp³-hybridized carbons (Fsp3) is 0.556. The molecule has 3 nitrogen and oxygen atoms in total. The van der Waals surface area contributed by atoms with Crippen molar-refractivity contribution < 1.29 is 0 Å². The predicted molar refractivity (Wildman–Crippen MR) is 61.0 cm³/mol. The van der Waals surface area contributed by atoms with Crippen LogP contribution in [0, 0.1) is 0 Å². The van der Waals surface area contributed by atoms with Crippen LogP contribution in [0.25, 0.3) is 0 Å². The molecule has 2 heterocycles. The molecule has 0 amide bonds. The number of rotatable bonds is 3. The van der Waals surface area contributed by atoms with Crippen molar-refractivity contribution in [3.63, 3.8) is 0 Å². The summed E-state index contributed by atoms with van der Waals surface area (Å²) in [6.45, 7) is 0.946. The zero-order valence-electron chi connectivity index (χ0n) is 7.74. The maximum Gasteiger partial charge on any atom is 0.148 e. The minimum Gasteiger partial charge on any atom is -0.368 e. The minimum atomic E-state index is 0.593. The van der Waals surface area contributed by atoms with Crippen molar-refractivity contribution in [2.45, 2.75) is 18.1 Å². The van der Waals surface area contributed by atoms with Gasteiger partial charge < -0.3 is 5.32 Å². The summed E-state index contributed by atoms with van der Waals surface area (Å²) >= 11 is 7.93. The van der Waals surface area contributed by atoms with E-state index >= 15 is 0 Å². The van der Waals surface area contributed by atoms with Crippen LogP contribution >= 0.6 is 23.4 Å². The molecule has 0 bridgehead atoms. The third-order valence-corrected chi connectivity index (χ3v) is 3.86. The fourth-order valence-corrected chi connectivity index (χ4v) is 2.83. The molecule has 0 radical (unpaired) electrons. The molecule has 1 fully saturated rings. The number of halogens is 1. The first-order chi connectivity index (χ1) is 6.86. The average molecular weight is 230 g/mol. The largest absolute Gasteiger partial charge is 0.368 e. The Labute approximate surface area is 92.7 Å². The standard InChI is InChI=1S/C9H12ClN3S/c10-8-5-11-6-13-9(8)12-4-7-2-1-3-14-7/h5-7H,1-4H2,(H,11,12,13). The van der Waals surface area contributed by atoms with Crippen LogP contribution in [0.3, 0.4) is 0 Å². The summed E-state index contributed by atoms with van der Waals surface area (Å²) in [6.07, 6.45) is 5.74. The summed E-state index contributed by atoms with van der Waals surface area (Å²) in [5.41, 5.74) is 0. The second-order valence-corrected chi connectivity index (χ2v) is 5.05. The van der Waals surface area contributed by atoms with Gasteiger partial charge in [-0.05, 0) is 18.6 Å². The van der Waals surface area contributed by atoms with Gasteiger partial charge >= 0.3 is 0 Å². The molecule has 1 aliphatic heterocycles. The van der Waals surface area contributed by atoms with Gasteiger partial charge in [0.25, 0.3) is 0 Å². The quantitative estimate of drug-likeness (QED) is 0.864. The van der Waals surface area contributed by atoms with E-state index in [0.29, 0.717) is 10.3 Å². The molecule has 1 saturated heterocycles. The first-order valence-corrected chi connectivity index (χ1v) is 6.10. The summed E-state index contributed by atoms with van der Waals surface area (Å²) in [5.74, 6) is 2.03. The Hall–Kier alpha value is -0.480. The van der Waals surface area contributed by atoms with Crippen molar-refractivity contribution in [1.29, 1.82) is 0 Å². The van der Waals surface area contributed by atoms with Crippen LogP contribution in [-0.4, -0.2) is 27.5 Å². The molecule has 1 aromatic rings. The molecule has 0 saturated carbocycles. The lowest BCUT2D eigenvalue weighted by atomic mass is 10.2. The van der Waals surface area contributed by atoms with Gasteiger partial charge in [0.2, 0.25) is 0 Å². The zero-order valence-corrected chi connectivity index (χ0v) is 9.31. The summed E-state index contributed by atoms with van der Waals surface area (Å²) in [6, 6.07) is 0. The summed E-state index contributed by atoms with van der Waals surface area (Å²) in [5, 5.41) is 4.55. The van der Waals surface area contributed by atoms with Crippen LogP contribution in [0.15, 0.2) is 12.5 Å². The number of thioether (sulfide) groups is 1. The second kappa shape index (κ2) is 4.84. The fourth-order valence-electron chi connectivity index (χ4n) is 1.46. The van der Waals surface area contributed by atoms with Gasteiger partial charge in [-0.2, -0.15) is 11.8 Å². The first kappa shape index (κ1) is 10.1. The Bertz CT molecular complexity index is 302. The third kappa shape index (κ3) is 2.51. The van der Waals surface area contributed by atoms with Gasteiger partial charge in [0, 0.05) is 11.8 Å². The van der Waals surface area contributed by atoms with Gasteiger partial charge in [0.15, 0.2) is 0 Å². The zero-order chi connectivity index (χ0) is 9.80. The molecule has 76 valence electrons. The molecule has 1 unspecified atom stereocenters. The molecule has 1 aromatic heterocycles. The van der Waals surface area contributed by atoms with Crippen molar-refractivity contribution in [2.75, 3.05) is 17.6 Å². The van der Waals surface area contributed by atoms with Gasteiger partial charge in [0.05, 0.1) is 6.20 Å². The van der Waals surface area contributed by atoms with E-state index < -0.39 is 0 Å². The van der Waals surface area contributed by atoms with E-state index in [4.69, 9.17) is 11.6 Å². The highest BCUT2D eigenvalue weighted by molar-refractivity contribution is 8.00. The molecule has 5 heteroatoms. The highest BCUT2D eigenvalue weighted by atomic mass is 35.5. The lowest BCUT2D eigenvalue weighted by Crippen LogP contribution is -2.14. The molecular weight excluding hydrogens is 218 g/mol. The maximum absolute atomic E-state index is 5.92. The van der Waals surface area contributed by atoms with Gasteiger partial charge in [-0.1, -0.05) is 11.6 Å². The monoisotopic (exact) mass is 229 g/mol. The SMILES string of the molecule is Clc1cncnc1NCC1CCCS1. The summed E-state index contributed by atoms with van der Waals surface area (Å²) in [7, 11) is 0. The van der Waals surface area contributed by atoms with Crippen LogP contribution in [-0.2, 0) is 0 Å². The maximum atomic E-state index is 5.92. The minimum absolute atomic E-state index is 0.593. The highest BCUT2D eigenvalue weighted by Gasteiger charge is 2.15. The van der Waals surface area contributed by atoms with Crippen molar-refractivity contribution in [2.24, 2.45) is 0 Å². The number of hydrogen-bond acceptors (Lipinski definition) is 4. The highest BCUT2D eigenvalue weighted by Crippen LogP contribution is 2.26. The molecular formula is C9H12ClN3S. The second-order valence-electron chi connectivity index (χ2n) is 3.24. The van der Waals surface area contributed by atoms with Crippen molar-refractivity contribution in [1.82, 2.24) is 9.97 Å². The lowest BCUT2D eigenvalue weighted by molar-refractivity contribution is 0.803. The normalized spacial score (nSPS) is 21.1. The van der Waals surface area contributed by atoms with E-state index in [1.54, 1.807) is 6.20 Å². The average Bonchev–Trinajstić information content (AvgIpc) is 2.69. The van der Waals surface area contributed by atoms with Crippen LogP contribution in [0.4, 0.5) is 5.82 Å². The van der Waals surface area contributed by atoms with E-state index in [0.717, 1.165) is 12.4 Å². The van der Waals surface area contributed by atoms with Gasteiger partial charge in [0.1, 0.15) is 17.2 Å². The van der Waals surface area contributed by atoms with Gasteiger partial charge in [-0.3, -0.25) is 0 Å². The number of anilines is 1. The predicted octanol–water partition coefficient (Wildman–Crippen LogP) is 2.44. The molecule has 0 aromatic carbocycles. The Balaban J connectivity index is 1.88. The molecule has 2 rings (SSSR count). The van der Waals surface area contributed by atoms with E-state index in [1.165, 1.54) is 24.9 Å². The number of aromatic nitrogens is 2. The van der Waals surface area contributed by atoms with E-state index in [-0.39, 0.29) is 0 Å². The number of nitrogens with one attached hydrogen (secondary N) is 1. The van der Waals surface area contributed by atoms with Crippen LogP contribution in [0.2, 0.25) is 5.02 Å². The smallest absolute Gasteiger partial charge is 0.148 e. The topological polar surface area (TPSA) is 37.8 Å². The van der Waals surface area contributed by atoms with Crippen LogP contribution in [0.1, 0.15) is 12.8 Å². The Kier molecular flexibility index (Phi) is 3.48. The molecule has 1 N–H and O–H groups in total. The van der Waals surface area contributed by atoms with E-state index in [1.807, 2.05) is 11.8 Å². The van der Waals surface area contributed by atoms with E-state index in [2.05, 4.69) is 15.3 Å². The summed E-state index contributed by atoms with van der Waals surface area (Å²) < 4.78 is 0. The van der Waals surface area contributed by atoms with Gasteiger partial charge in [-0.15, -0.1) is 0 Å². The van der Waals surface area contributed by atoms with Crippen LogP contribution < -0.4 is 5.32 Å². The van der Waals surface area contributed by atoms with Crippen molar-refractivity contribution >= 4 is 29.2 Å². The Morgan fingerprint density at radius 2 is 2.57 bits per heavy atom. The molecule has 1 aliphatic rings. The van der Waals surface area contributed by atoms with Crippen LogP contribution in [0.5, 0.6) is 0 Å². The molecule has 0 spiro atoms. The Morgan fingerprint density at radius 3 is 3.29 bits per heavy atom. The Morgan fingerprint density at radius 1 is 1.64 bits per heavy atom. The molecule has 14 heavy (non-hydrogen) atoms. The number of hydrogen-bond donors (Lipinski definition) is 1. The van der Waals surface area contributed by atoms with Crippen molar-refractivity contribution in [3.8, 4) is 0 Å². The number of nitrogens with zero attached hydrogens (tertiary/aromatic N) is 2. The van der Waals surface area contributed by atoms with Crippen molar-refractivity contribution in [3.05, 3.63) is 17.5 Å². The molecule has 1 atom stereocenters. The first-order valence-electron chi connectivity index (χ1n) is 4.67. The van der Waals surface area contributed by atoms with Gasteiger partial charge in [-0.25, -0.2) is 9.97 Å². The van der Waals surface area contributed by atoms with E-state index in [9.17, 15) is 0 Å². The molecule has 0 aliphatic carbocycles.